The molecule has 2 amide bonds. The minimum atomic E-state index is 0.129. The highest BCUT2D eigenvalue weighted by atomic mass is 16.2. The summed E-state index contributed by atoms with van der Waals surface area (Å²) >= 11 is 0. The summed E-state index contributed by atoms with van der Waals surface area (Å²) in [7, 11) is 0. The van der Waals surface area contributed by atoms with Gasteiger partial charge in [-0.2, -0.15) is 0 Å². The molecular weight excluding hydrogens is 340 g/mol. The molecule has 1 spiro atoms. The summed E-state index contributed by atoms with van der Waals surface area (Å²) < 4.78 is 0. The molecule has 27 heavy (non-hydrogen) atoms. The van der Waals surface area contributed by atoms with Gasteiger partial charge in [0.05, 0.1) is 0 Å². The van der Waals surface area contributed by atoms with Crippen LogP contribution >= 0.6 is 0 Å². The van der Waals surface area contributed by atoms with Crippen LogP contribution in [0.5, 0.6) is 0 Å². The van der Waals surface area contributed by atoms with Crippen molar-refractivity contribution in [1.29, 1.82) is 0 Å². The Kier molecular flexibility index (Phi) is 5.06. The molecule has 1 N–H and O–H groups in total. The van der Waals surface area contributed by atoms with Crippen molar-refractivity contribution in [3.8, 4) is 0 Å². The molecular formula is C21H30N4O2. The Bertz CT molecular complexity index is 706. The normalized spacial score (nSPS) is 24.0. The molecule has 6 heteroatoms. The number of nitrogens with zero attached hydrogens (tertiary/aromatic N) is 3. The van der Waals surface area contributed by atoms with Gasteiger partial charge in [-0.05, 0) is 30.7 Å². The Balaban J connectivity index is 1.35. The smallest absolute Gasteiger partial charge is 0.223 e. The molecule has 2 saturated carbocycles. The molecule has 0 bridgehead atoms. The van der Waals surface area contributed by atoms with E-state index in [9.17, 15) is 9.59 Å². The Hall–Kier alpha value is -2.11. The first kappa shape index (κ1) is 18.3. The fourth-order valence-electron chi connectivity index (χ4n) is 4.92. The molecule has 1 saturated heterocycles. The highest BCUT2D eigenvalue weighted by Crippen LogP contribution is 2.61. The number of pyridine rings is 1. The van der Waals surface area contributed by atoms with Gasteiger partial charge in [0.2, 0.25) is 11.8 Å². The van der Waals surface area contributed by atoms with E-state index in [0.717, 1.165) is 44.0 Å². The van der Waals surface area contributed by atoms with E-state index >= 15 is 0 Å². The van der Waals surface area contributed by atoms with Crippen molar-refractivity contribution in [3.05, 3.63) is 23.9 Å². The number of carbonyl (C=O) groups is 2. The van der Waals surface area contributed by atoms with Gasteiger partial charge in [0.25, 0.3) is 0 Å². The number of piperazine rings is 1. The molecule has 2 aliphatic carbocycles. The highest BCUT2D eigenvalue weighted by Gasteiger charge is 2.57. The van der Waals surface area contributed by atoms with Crippen LogP contribution in [0, 0.1) is 11.3 Å². The number of amides is 2. The van der Waals surface area contributed by atoms with Crippen LogP contribution < -0.4 is 10.2 Å². The molecule has 2 heterocycles. The zero-order valence-corrected chi connectivity index (χ0v) is 16.2. The first-order chi connectivity index (χ1) is 13.1. The lowest BCUT2D eigenvalue weighted by atomic mass is 9.84. The molecule has 4 rings (SSSR count). The number of aromatic nitrogens is 1. The molecule has 1 atom stereocenters. The third-order valence-electron chi connectivity index (χ3n) is 6.70. The van der Waals surface area contributed by atoms with Crippen LogP contribution in [-0.4, -0.2) is 47.9 Å². The molecule has 3 aliphatic rings. The van der Waals surface area contributed by atoms with Gasteiger partial charge in [0.1, 0.15) is 5.82 Å². The van der Waals surface area contributed by atoms with Crippen LogP contribution in [0.25, 0.3) is 0 Å². The maximum Gasteiger partial charge on any atom is 0.223 e. The van der Waals surface area contributed by atoms with Crippen LogP contribution in [0.1, 0.15) is 51.0 Å². The van der Waals surface area contributed by atoms with Crippen molar-refractivity contribution in [2.75, 3.05) is 31.1 Å². The predicted molar refractivity (Wildman–Crippen MR) is 104 cm³/mol. The standard InChI is InChI=1S/C21H30N4O2/c1-16(26)24-10-12-25(13-11-24)19-17(6-5-9-22-19)15-23-20(27)18-14-21(18)7-3-2-4-8-21/h5-6,9,18H,2-4,7-8,10-15H2,1H3,(H,23,27)/t18-/m0/s1. The average molecular weight is 370 g/mol. The van der Waals surface area contributed by atoms with E-state index in [1.807, 2.05) is 17.0 Å². The van der Waals surface area contributed by atoms with Crippen LogP contribution in [0.2, 0.25) is 0 Å². The molecule has 1 aliphatic heterocycles. The summed E-state index contributed by atoms with van der Waals surface area (Å²) in [6.07, 6.45) is 9.21. The van der Waals surface area contributed by atoms with Crippen LogP contribution in [-0.2, 0) is 16.1 Å². The van der Waals surface area contributed by atoms with Crippen molar-refractivity contribution >= 4 is 17.6 Å². The lowest BCUT2D eigenvalue weighted by Crippen LogP contribution is -2.48. The third kappa shape index (κ3) is 3.80. The summed E-state index contributed by atoms with van der Waals surface area (Å²) in [6.45, 7) is 5.16. The lowest BCUT2D eigenvalue weighted by molar-refractivity contribution is -0.129. The van der Waals surface area contributed by atoms with Gasteiger partial charge < -0.3 is 15.1 Å². The van der Waals surface area contributed by atoms with Gasteiger partial charge in [-0.15, -0.1) is 0 Å². The summed E-state index contributed by atoms with van der Waals surface area (Å²) in [4.78, 5) is 32.9. The Labute approximate surface area is 161 Å². The van der Waals surface area contributed by atoms with Gasteiger partial charge in [0, 0.05) is 57.3 Å². The molecule has 0 radical (unpaired) electrons. The summed E-state index contributed by atoms with van der Waals surface area (Å²) in [5, 5.41) is 3.17. The Morgan fingerprint density at radius 3 is 2.63 bits per heavy atom. The van der Waals surface area contributed by atoms with Gasteiger partial charge in [-0.25, -0.2) is 4.98 Å². The fourth-order valence-corrected chi connectivity index (χ4v) is 4.92. The molecule has 1 aromatic heterocycles. The van der Waals surface area contributed by atoms with Gasteiger partial charge in [-0.1, -0.05) is 25.3 Å². The number of anilines is 1. The van der Waals surface area contributed by atoms with Gasteiger partial charge in [0.15, 0.2) is 0 Å². The molecule has 3 fully saturated rings. The number of hydrogen-bond donors (Lipinski definition) is 1. The summed E-state index contributed by atoms with van der Waals surface area (Å²) in [5.41, 5.74) is 1.38. The van der Waals surface area contributed by atoms with Crippen LogP contribution in [0.4, 0.5) is 5.82 Å². The maximum atomic E-state index is 12.7. The quantitative estimate of drug-likeness (QED) is 0.883. The molecule has 0 aromatic carbocycles. The fraction of sp³-hybridized carbons (Fsp3) is 0.667. The summed E-state index contributed by atoms with van der Waals surface area (Å²) in [5.74, 6) is 1.50. The zero-order valence-electron chi connectivity index (χ0n) is 16.2. The Morgan fingerprint density at radius 1 is 1.19 bits per heavy atom. The maximum absolute atomic E-state index is 12.7. The van der Waals surface area contributed by atoms with Crippen molar-refractivity contribution in [2.24, 2.45) is 11.3 Å². The van der Waals surface area contributed by atoms with E-state index in [4.69, 9.17) is 0 Å². The largest absolute Gasteiger partial charge is 0.353 e. The second kappa shape index (κ2) is 7.49. The summed E-state index contributed by atoms with van der Waals surface area (Å²) in [6, 6.07) is 3.97. The van der Waals surface area contributed by atoms with Crippen molar-refractivity contribution in [2.45, 2.75) is 52.0 Å². The lowest BCUT2D eigenvalue weighted by Gasteiger charge is -2.35. The van der Waals surface area contributed by atoms with Crippen molar-refractivity contribution < 1.29 is 9.59 Å². The first-order valence-electron chi connectivity index (χ1n) is 10.3. The molecule has 6 nitrogen and oxygen atoms in total. The minimum absolute atomic E-state index is 0.129. The number of carbonyl (C=O) groups excluding carboxylic acids is 2. The predicted octanol–water partition coefficient (Wildman–Crippen LogP) is 2.34. The second-order valence-electron chi connectivity index (χ2n) is 8.38. The van der Waals surface area contributed by atoms with Gasteiger partial charge >= 0.3 is 0 Å². The first-order valence-corrected chi connectivity index (χ1v) is 10.3. The van der Waals surface area contributed by atoms with E-state index in [1.165, 1.54) is 32.1 Å². The van der Waals surface area contributed by atoms with E-state index in [-0.39, 0.29) is 17.7 Å². The van der Waals surface area contributed by atoms with E-state index in [2.05, 4.69) is 15.2 Å². The zero-order chi connectivity index (χ0) is 18.9. The monoisotopic (exact) mass is 370 g/mol. The van der Waals surface area contributed by atoms with E-state index in [1.54, 1.807) is 13.1 Å². The van der Waals surface area contributed by atoms with Crippen LogP contribution in [0.3, 0.4) is 0 Å². The molecule has 1 aromatic rings. The number of rotatable bonds is 4. The van der Waals surface area contributed by atoms with Gasteiger partial charge in [-0.3, -0.25) is 9.59 Å². The van der Waals surface area contributed by atoms with Crippen molar-refractivity contribution in [3.63, 3.8) is 0 Å². The molecule has 0 unspecified atom stereocenters. The van der Waals surface area contributed by atoms with E-state index < -0.39 is 0 Å². The average Bonchev–Trinajstić information content (AvgIpc) is 3.39. The number of hydrogen-bond acceptors (Lipinski definition) is 4. The topological polar surface area (TPSA) is 65.5 Å². The highest BCUT2D eigenvalue weighted by molar-refractivity contribution is 5.82. The molecule has 146 valence electrons. The second-order valence-corrected chi connectivity index (χ2v) is 8.38. The SMILES string of the molecule is CC(=O)N1CCN(c2ncccc2CNC(=O)[C@@H]2CC23CCCCC3)CC1. The minimum Gasteiger partial charge on any atom is -0.353 e. The van der Waals surface area contributed by atoms with Crippen LogP contribution in [0.15, 0.2) is 18.3 Å². The number of nitrogens with one attached hydrogen (secondary N) is 1. The third-order valence-corrected chi connectivity index (χ3v) is 6.70. The van der Waals surface area contributed by atoms with Crippen molar-refractivity contribution in [1.82, 2.24) is 15.2 Å². The van der Waals surface area contributed by atoms with E-state index in [0.29, 0.717) is 12.0 Å². The Morgan fingerprint density at radius 2 is 1.93 bits per heavy atom.